The van der Waals surface area contributed by atoms with Crippen LogP contribution in [0.4, 0.5) is 0 Å². The molecule has 0 saturated heterocycles. The van der Waals surface area contributed by atoms with Crippen molar-refractivity contribution in [2.24, 2.45) is 5.92 Å². The van der Waals surface area contributed by atoms with Gasteiger partial charge in [-0.25, -0.2) is 0 Å². The molecule has 0 amide bonds. The molecule has 21 heavy (non-hydrogen) atoms. The van der Waals surface area contributed by atoms with Gasteiger partial charge in [-0.15, -0.1) is 0 Å². The van der Waals surface area contributed by atoms with Crippen LogP contribution in [-0.2, 0) is 4.74 Å². The van der Waals surface area contributed by atoms with Crippen molar-refractivity contribution in [2.75, 3.05) is 6.61 Å². The van der Waals surface area contributed by atoms with Crippen LogP contribution < -0.4 is 0 Å². The molecule has 0 spiro atoms. The highest BCUT2D eigenvalue weighted by Crippen LogP contribution is 2.43. The van der Waals surface area contributed by atoms with Crippen molar-refractivity contribution in [1.82, 2.24) is 0 Å². The summed E-state index contributed by atoms with van der Waals surface area (Å²) in [6, 6.07) is 0. The molecule has 1 saturated carbocycles. The summed E-state index contributed by atoms with van der Waals surface area (Å²) < 4.78 is 5.68. The largest absolute Gasteiger partial charge is 0.378 e. The summed E-state index contributed by atoms with van der Waals surface area (Å²) in [5.74, 6) is 0.812. The second-order valence-electron chi connectivity index (χ2n) is 6.66. The van der Waals surface area contributed by atoms with Crippen LogP contribution in [0.1, 0.15) is 64.4 Å². The molecular weight excluding hydrogens is 324 g/mol. The van der Waals surface area contributed by atoms with Crippen LogP contribution in [0.5, 0.6) is 0 Å². The van der Waals surface area contributed by atoms with E-state index in [0.717, 1.165) is 12.5 Å². The first-order chi connectivity index (χ1) is 9.86. The van der Waals surface area contributed by atoms with E-state index in [1.807, 2.05) is 0 Å². The summed E-state index contributed by atoms with van der Waals surface area (Å²) in [4.78, 5) is 0.475. The standard InChI is InChI=1S/C19H29BrO/c1-7-21-17-8-16(9-17)10-18(20)19-14(5)12(3)11(2)13(4)15(19)6/h16-18H,7-10H2,1-6H3. The number of alkyl halides is 1. The molecule has 2 rings (SSSR count). The third-order valence-electron chi connectivity index (χ3n) is 5.51. The Morgan fingerprint density at radius 2 is 1.43 bits per heavy atom. The van der Waals surface area contributed by atoms with E-state index in [1.54, 1.807) is 0 Å². The van der Waals surface area contributed by atoms with Gasteiger partial charge in [0.1, 0.15) is 0 Å². The maximum absolute atomic E-state index is 5.68. The first-order valence-corrected chi connectivity index (χ1v) is 9.10. The Morgan fingerprint density at radius 3 is 1.90 bits per heavy atom. The van der Waals surface area contributed by atoms with Gasteiger partial charge in [0.15, 0.2) is 0 Å². The lowest BCUT2D eigenvalue weighted by atomic mass is 9.77. The highest BCUT2D eigenvalue weighted by Gasteiger charge is 2.32. The van der Waals surface area contributed by atoms with Crippen molar-refractivity contribution >= 4 is 15.9 Å². The van der Waals surface area contributed by atoms with Gasteiger partial charge >= 0.3 is 0 Å². The lowest BCUT2D eigenvalue weighted by Crippen LogP contribution is -2.32. The van der Waals surface area contributed by atoms with Gasteiger partial charge in [0.2, 0.25) is 0 Å². The zero-order chi connectivity index (χ0) is 15.7. The fraction of sp³-hybridized carbons (Fsp3) is 0.684. The van der Waals surface area contributed by atoms with E-state index in [9.17, 15) is 0 Å². The van der Waals surface area contributed by atoms with Crippen LogP contribution in [0.15, 0.2) is 0 Å². The quantitative estimate of drug-likeness (QED) is 0.602. The SMILES string of the molecule is CCOC1CC(CC(Br)c2c(C)c(C)c(C)c(C)c2C)C1. The van der Waals surface area contributed by atoms with Crippen LogP contribution >= 0.6 is 15.9 Å². The predicted molar refractivity (Wildman–Crippen MR) is 94.6 cm³/mol. The Hall–Kier alpha value is -0.340. The average molecular weight is 353 g/mol. The van der Waals surface area contributed by atoms with E-state index < -0.39 is 0 Å². The minimum atomic E-state index is 0.475. The van der Waals surface area contributed by atoms with Gasteiger partial charge in [0.25, 0.3) is 0 Å². The topological polar surface area (TPSA) is 9.23 Å². The van der Waals surface area contributed by atoms with Crippen LogP contribution in [0, 0.1) is 40.5 Å². The zero-order valence-electron chi connectivity index (χ0n) is 14.3. The van der Waals surface area contributed by atoms with Crippen LogP contribution in [0.3, 0.4) is 0 Å². The highest BCUT2D eigenvalue weighted by atomic mass is 79.9. The fourth-order valence-corrected chi connectivity index (χ4v) is 4.86. The molecule has 1 atom stereocenters. The molecule has 0 aliphatic heterocycles. The van der Waals surface area contributed by atoms with Gasteiger partial charge in [0, 0.05) is 11.4 Å². The van der Waals surface area contributed by atoms with Gasteiger partial charge in [-0.1, -0.05) is 15.9 Å². The van der Waals surface area contributed by atoms with Gasteiger partial charge in [-0.2, -0.15) is 0 Å². The molecule has 118 valence electrons. The highest BCUT2D eigenvalue weighted by molar-refractivity contribution is 9.09. The van der Waals surface area contributed by atoms with Crippen molar-refractivity contribution in [3.8, 4) is 0 Å². The van der Waals surface area contributed by atoms with Crippen LogP contribution in [0.25, 0.3) is 0 Å². The van der Waals surface area contributed by atoms with E-state index >= 15 is 0 Å². The number of halogens is 1. The first kappa shape index (κ1) is 17.0. The van der Waals surface area contributed by atoms with E-state index in [1.165, 1.54) is 52.6 Å². The number of hydrogen-bond donors (Lipinski definition) is 0. The van der Waals surface area contributed by atoms with Crippen molar-refractivity contribution in [1.29, 1.82) is 0 Å². The fourth-order valence-electron chi connectivity index (χ4n) is 3.65. The third-order valence-corrected chi connectivity index (χ3v) is 6.34. The maximum atomic E-state index is 5.68. The molecule has 1 fully saturated rings. The molecule has 0 radical (unpaired) electrons. The molecule has 1 aliphatic rings. The summed E-state index contributed by atoms with van der Waals surface area (Å²) in [6.07, 6.45) is 4.21. The number of benzene rings is 1. The van der Waals surface area contributed by atoms with Crippen molar-refractivity contribution in [2.45, 2.75) is 71.7 Å². The smallest absolute Gasteiger partial charge is 0.0580 e. The first-order valence-electron chi connectivity index (χ1n) is 8.19. The van der Waals surface area contributed by atoms with Crippen molar-refractivity contribution in [3.63, 3.8) is 0 Å². The molecule has 0 heterocycles. The molecule has 1 aromatic carbocycles. The Bertz CT molecular complexity index is 486. The summed E-state index contributed by atoms with van der Waals surface area (Å²) in [7, 11) is 0. The van der Waals surface area contributed by atoms with Gasteiger partial charge in [-0.05, 0) is 100 Å². The number of rotatable bonds is 5. The monoisotopic (exact) mass is 352 g/mol. The predicted octanol–water partition coefficient (Wildman–Crippen LogP) is 5.87. The van der Waals surface area contributed by atoms with Crippen LogP contribution in [-0.4, -0.2) is 12.7 Å². The van der Waals surface area contributed by atoms with E-state index in [2.05, 4.69) is 57.5 Å². The third kappa shape index (κ3) is 3.37. The lowest BCUT2D eigenvalue weighted by molar-refractivity contribution is -0.0264. The summed E-state index contributed by atoms with van der Waals surface area (Å²) in [5, 5.41) is 0. The van der Waals surface area contributed by atoms with Crippen LogP contribution in [0.2, 0.25) is 0 Å². The van der Waals surface area contributed by atoms with E-state index in [4.69, 9.17) is 4.74 Å². The van der Waals surface area contributed by atoms with Crippen molar-refractivity contribution < 1.29 is 4.74 Å². The average Bonchev–Trinajstić information content (AvgIpc) is 2.41. The molecule has 1 unspecified atom stereocenters. The lowest BCUT2D eigenvalue weighted by Gasteiger charge is -2.36. The molecule has 0 N–H and O–H groups in total. The zero-order valence-corrected chi connectivity index (χ0v) is 15.9. The number of ether oxygens (including phenoxy) is 1. The Labute approximate surface area is 138 Å². The van der Waals surface area contributed by atoms with E-state index in [0.29, 0.717) is 10.9 Å². The van der Waals surface area contributed by atoms with E-state index in [-0.39, 0.29) is 0 Å². The number of hydrogen-bond acceptors (Lipinski definition) is 1. The molecule has 1 aliphatic carbocycles. The molecule has 0 bridgehead atoms. The van der Waals surface area contributed by atoms with Gasteiger partial charge in [-0.3, -0.25) is 0 Å². The second-order valence-corrected chi connectivity index (χ2v) is 7.76. The minimum absolute atomic E-state index is 0.475. The molecule has 0 aromatic heterocycles. The maximum Gasteiger partial charge on any atom is 0.0580 e. The summed E-state index contributed by atoms with van der Waals surface area (Å²) in [5.41, 5.74) is 8.83. The Morgan fingerprint density at radius 1 is 0.952 bits per heavy atom. The second kappa shape index (κ2) is 6.83. The summed E-state index contributed by atoms with van der Waals surface area (Å²) >= 11 is 3.97. The molecule has 2 heteroatoms. The summed E-state index contributed by atoms with van der Waals surface area (Å²) in [6.45, 7) is 14.3. The Balaban J connectivity index is 2.12. The molecular formula is C19H29BrO. The molecule has 1 nitrogen and oxygen atoms in total. The van der Waals surface area contributed by atoms with Crippen molar-refractivity contribution in [3.05, 3.63) is 33.4 Å². The normalized spacial score (nSPS) is 23.0. The van der Waals surface area contributed by atoms with Gasteiger partial charge < -0.3 is 4.74 Å². The molecule has 1 aromatic rings. The Kier molecular flexibility index (Phi) is 5.54. The van der Waals surface area contributed by atoms with Gasteiger partial charge in [0.05, 0.1) is 6.10 Å². The minimum Gasteiger partial charge on any atom is -0.378 e.